The van der Waals surface area contributed by atoms with Gasteiger partial charge in [-0.25, -0.2) is 0 Å². The molecule has 0 fully saturated rings. The van der Waals surface area contributed by atoms with Crippen LogP contribution in [0.1, 0.15) is 44.6 Å². The highest BCUT2D eigenvalue weighted by Crippen LogP contribution is 2.30. The van der Waals surface area contributed by atoms with Gasteiger partial charge in [-0.05, 0) is 39.3 Å². The van der Waals surface area contributed by atoms with Gasteiger partial charge in [0.05, 0.1) is 6.04 Å². The molecule has 0 amide bonds. The zero-order valence-corrected chi connectivity index (χ0v) is 11.2. The summed E-state index contributed by atoms with van der Waals surface area (Å²) < 4.78 is 16.9. The summed E-state index contributed by atoms with van der Waals surface area (Å²) in [5.41, 5.74) is 1.75. The monoisotopic (exact) mass is 251 g/mol. The van der Waals surface area contributed by atoms with E-state index < -0.39 is 11.4 Å². The van der Waals surface area contributed by atoms with Crippen LogP contribution in [0, 0.1) is 11.3 Å². The average Bonchev–Trinajstić information content (AvgIpc) is 2.79. The van der Waals surface area contributed by atoms with E-state index in [1.165, 1.54) is 0 Å². The third-order valence-electron chi connectivity index (χ3n) is 2.93. The smallest absolute Gasteiger partial charge is 0.136 e. The second kappa shape index (κ2) is 4.37. The summed E-state index contributed by atoms with van der Waals surface area (Å²) in [4.78, 5) is 0. The van der Waals surface area contributed by atoms with Gasteiger partial charge >= 0.3 is 0 Å². The average molecular weight is 251 g/mol. The van der Waals surface area contributed by atoms with Crippen molar-refractivity contribution in [1.82, 2.24) is 9.29 Å². The fraction of sp³-hybridized carbons (Fsp3) is 0.583. The Labute approximate surface area is 105 Å². The van der Waals surface area contributed by atoms with E-state index in [-0.39, 0.29) is 10.8 Å². The highest BCUT2D eigenvalue weighted by Gasteiger charge is 2.33. The molecule has 0 saturated heterocycles. The molecule has 0 saturated carbocycles. The van der Waals surface area contributed by atoms with Crippen LogP contribution in [0.2, 0.25) is 0 Å². The zero-order chi connectivity index (χ0) is 12.6. The topological polar surface area (TPSA) is 63.8 Å². The lowest BCUT2D eigenvalue weighted by Gasteiger charge is -2.26. The molecule has 1 aromatic heterocycles. The van der Waals surface area contributed by atoms with Gasteiger partial charge in [0.25, 0.3) is 0 Å². The Morgan fingerprint density at radius 3 is 2.82 bits per heavy atom. The largest absolute Gasteiger partial charge is 0.598 e. The van der Waals surface area contributed by atoms with E-state index in [4.69, 9.17) is 5.26 Å². The normalized spacial score (nSPS) is 21.0. The number of hydrogen-bond acceptors (Lipinski definition) is 3. The molecule has 0 radical (unpaired) electrons. The fourth-order valence-electron chi connectivity index (χ4n) is 1.97. The number of hydrogen-bond donors (Lipinski definition) is 1. The van der Waals surface area contributed by atoms with Crippen LogP contribution in [-0.2, 0) is 17.9 Å². The Bertz CT molecular complexity index is 455. The van der Waals surface area contributed by atoms with Crippen LogP contribution in [0.4, 0.5) is 0 Å². The number of rotatable bonds is 2. The summed E-state index contributed by atoms with van der Waals surface area (Å²) in [6.07, 6.45) is 0.896. The van der Waals surface area contributed by atoms with Crippen molar-refractivity contribution in [1.29, 1.82) is 5.26 Å². The van der Waals surface area contributed by atoms with Gasteiger partial charge in [0, 0.05) is 23.6 Å². The third kappa shape index (κ3) is 2.34. The van der Waals surface area contributed by atoms with Crippen molar-refractivity contribution >= 4 is 11.4 Å². The van der Waals surface area contributed by atoms with E-state index in [1.54, 1.807) is 0 Å². The van der Waals surface area contributed by atoms with Crippen molar-refractivity contribution in [2.24, 2.45) is 0 Å². The Hall–Kier alpha value is -0.960. The third-order valence-corrected chi connectivity index (χ3v) is 4.54. The molecule has 17 heavy (non-hydrogen) atoms. The first-order chi connectivity index (χ1) is 7.93. The molecule has 0 aliphatic carbocycles. The maximum absolute atomic E-state index is 12.0. The molecular formula is C12H17N3OS. The van der Waals surface area contributed by atoms with Crippen molar-refractivity contribution in [3.05, 3.63) is 23.5 Å². The summed E-state index contributed by atoms with van der Waals surface area (Å²) >= 11 is -1.07. The molecule has 0 spiro atoms. The van der Waals surface area contributed by atoms with Crippen LogP contribution < -0.4 is 4.72 Å². The Morgan fingerprint density at radius 2 is 2.24 bits per heavy atom. The number of nitrogens with one attached hydrogen (secondary N) is 1. The van der Waals surface area contributed by atoms with E-state index in [0.717, 1.165) is 18.7 Å². The Balaban J connectivity index is 2.13. The first-order valence-corrected chi connectivity index (χ1v) is 6.86. The lowest BCUT2D eigenvalue weighted by molar-refractivity contribution is 0.521. The molecule has 0 bridgehead atoms. The van der Waals surface area contributed by atoms with Gasteiger partial charge in [-0.2, -0.15) is 5.26 Å². The highest BCUT2D eigenvalue weighted by molar-refractivity contribution is 7.90. The van der Waals surface area contributed by atoms with Crippen LogP contribution in [-0.4, -0.2) is 13.9 Å². The number of nitriles is 1. The first-order valence-electron chi connectivity index (χ1n) is 5.71. The van der Waals surface area contributed by atoms with Gasteiger partial charge in [-0.3, -0.25) is 0 Å². The SMILES string of the molecule is CC(C)(C)[S@+]([O-])N[C@@H]1CCn2c(C#N)ccc21. The first kappa shape index (κ1) is 12.5. The molecule has 1 aromatic rings. The molecule has 4 nitrogen and oxygen atoms in total. The van der Waals surface area contributed by atoms with Crippen LogP contribution in [0.5, 0.6) is 0 Å². The molecule has 0 aromatic carbocycles. The number of nitrogens with zero attached hydrogens (tertiary/aromatic N) is 2. The Morgan fingerprint density at radius 1 is 1.53 bits per heavy atom. The van der Waals surface area contributed by atoms with Gasteiger partial charge in [0.2, 0.25) is 0 Å². The van der Waals surface area contributed by atoms with E-state index in [0.29, 0.717) is 5.69 Å². The van der Waals surface area contributed by atoms with Crippen molar-refractivity contribution in [3.63, 3.8) is 0 Å². The second-order valence-electron chi connectivity index (χ2n) is 5.25. The van der Waals surface area contributed by atoms with Crippen molar-refractivity contribution < 1.29 is 4.55 Å². The maximum Gasteiger partial charge on any atom is 0.136 e. The summed E-state index contributed by atoms with van der Waals surface area (Å²) in [6, 6.07) is 6.04. The molecular weight excluding hydrogens is 234 g/mol. The highest BCUT2D eigenvalue weighted by atomic mass is 32.2. The van der Waals surface area contributed by atoms with E-state index in [9.17, 15) is 4.55 Å². The number of aromatic nitrogens is 1. The second-order valence-corrected chi connectivity index (χ2v) is 7.24. The van der Waals surface area contributed by atoms with E-state index in [1.807, 2.05) is 37.5 Å². The van der Waals surface area contributed by atoms with E-state index in [2.05, 4.69) is 10.8 Å². The molecule has 1 aliphatic rings. The fourth-order valence-corrected chi connectivity index (χ4v) is 2.82. The summed E-state index contributed by atoms with van der Waals surface area (Å²) in [5, 5.41) is 8.94. The number of fused-ring (bicyclic) bond motifs is 1. The summed E-state index contributed by atoms with van der Waals surface area (Å²) in [7, 11) is 0. The van der Waals surface area contributed by atoms with Crippen molar-refractivity contribution in [2.45, 2.75) is 44.5 Å². The minimum absolute atomic E-state index is 0.0946. The molecule has 5 heteroatoms. The lowest BCUT2D eigenvalue weighted by Crippen LogP contribution is -2.40. The van der Waals surface area contributed by atoms with Crippen LogP contribution in [0.25, 0.3) is 0 Å². The van der Waals surface area contributed by atoms with Crippen molar-refractivity contribution in [2.75, 3.05) is 0 Å². The van der Waals surface area contributed by atoms with E-state index >= 15 is 0 Å². The summed E-state index contributed by atoms with van der Waals surface area (Å²) in [5.74, 6) is 0. The zero-order valence-electron chi connectivity index (χ0n) is 10.4. The van der Waals surface area contributed by atoms with Gasteiger partial charge in [-0.1, -0.05) is 0 Å². The summed E-state index contributed by atoms with van der Waals surface area (Å²) in [6.45, 7) is 6.67. The van der Waals surface area contributed by atoms with Crippen LogP contribution >= 0.6 is 0 Å². The Kier molecular flexibility index (Phi) is 3.21. The quantitative estimate of drug-likeness (QED) is 0.816. The predicted molar refractivity (Wildman–Crippen MR) is 67.5 cm³/mol. The molecule has 92 valence electrons. The van der Waals surface area contributed by atoms with Gasteiger partial charge < -0.3 is 9.12 Å². The molecule has 2 heterocycles. The van der Waals surface area contributed by atoms with Crippen molar-refractivity contribution in [3.8, 4) is 6.07 Å². The molecule has 1 N–H and O–H groups in total. The molecule has 2 atom stereocenters. The molecule has 0 unspecified atom stereocenters. The predicted octanol–water partition coefficient (Wildman–Crippen LogP) is 1.86. The van der Waals surface area contributed by atoms with Crippen LogP contribution in [0.3, 0.4) is 0 Å². The van der Waals surface area contributed by atoms with Crippen LogP contribution in [0.15, 0.2) is 12.1 Å². The van der Waals surface area contributed by atoms with Gasteiger partial charge in [0.1, 0.15) is 16.5 Å². The lowest BCUT2D eigenvalue weighted by atomic mass is 10.2. The maximum atomic E-state index is 12.0. The molecule has 2 rings (SSSR count). The standard InChI is InChI=1S/C12H17N3OS/c1-12(2,3)17(16)14-10-6-7-15-9(8-13)4-5-11(10)15/h4-5,10,14H,6-7H2,1-3H3/t10-,17+/m1/s1. The minimum Gasteiger partial charge on any atom is -0.598 e. The minimum atomic E-state index is -1.07. The van der Waals surface area contributed by atoms with Gasteiger partial charge in [0.15, 0.2) is 0 Å². The molecule has 1 aliphatic heterocycles. The van der Waals surface area contributed by atoms with Gasteiger partial charge in [-0.15, -0.1) is 4.72 Å².